The first-order valence-electron chi connectivity index (χ1n) is 4.90. The van der Waals surface area contributed by atoms with Crippen molar-refractivity contribution in [3.05, 3.63) is 28.8 Å². The van der Waals surface area contributed by atoms with E-state index in [1.807, 2.05) is 0 Å². The van der Waals surface area contributed by atoms with Crippen LogP contribution >= 0.6 is 11.6 Å². The molecule has 0 aliphatic heterocycles. The smallest absolute Gasteiger partial charge is 0.405 e. The van der Waals surface area contributed by atoms with E-state index in [0.717, 1.165) is 0 Å². The van der Waals surface area contributed by atoms with Gasteiger partial charge in [0.1, 0.15) is 12.4 Å². The Balaban J connectivity index is 2.77. The second-order valence-corrected chi connectivity index (χ2v) is 4.09. The molecule has 1 N–H and O–H groups in total. The number of ether oxygens (including phenoxy) is 1. The molecule has 0 aliphatic carbocycles. The summed E-state index contributed by atoms with van der Waals surface area (Å²) in [5, 5.41) is 8.90. The fourth-order valence-corrected chi connectivity index (χ4v) is 1.48. The number of carbonyl (C=O) groups is 1. The molecule has 100 valence electrons. The molecule has 0 heterocycles. The van der Waals surface area contributed by atoms with Gasteiger partial charge in [-0.25, -0.2) is 0 Å². The minimum atomic E-state index is -4.84. The van der Waals surface area contributed by atoms with Crippen molar-refractivity contribution >= 4 is 17.6 Å². The SMILES string of the molecule is Cc1cc(Cl)ccc1OCC(C(=O)O)C(F)(F)F. The van der Waals surface area contributed by atoms with E-state index in [2.05, 4.69) is 0 Å². The normalized spacial score (nSPS) is 13.2. The topological polar surface area (TPSA) is 46.5 Å². The highest BCUT2D eigenvalue weighted by Gasteiger charge is 2.45. The summed E-state index contributed by atoms with van der Waals surface area (Å²) in [6.07, 6.45) is -4.84. The molecule has 0 spiro atoms. The van der Waals surface area contributed by atoms with Crippen LogP contribution in [0.25, 0.3) is 0 Å². The number of halogens is 4. The highest BCUT2D eigenvalue weighted by molar-refractivity contribution is 6.30. The van der Waals surface area contributed by atoms with E-state index >= 15 is 0 Å². The molecule has 0 amide bonds. The van der Waals surface area contributed by atoms with E-state index in [-0.39, 0.29) is 5.75 Å². The Labute approximate surface area is 106 Å². The molecule has 1 aromatic carbocycles. The first-order valence-corrected chi connectivity index (χ1v) is 5.28. The van der Waals surface area contributed by atoms with Crippen LogP contribution < -0.4 is 4.74 Å². The lowest BCUT2D eigenvalue weighted by atomic mass is 10.1. The molecular weight excluding hydrogens is 273 g/mol. The lowest BCUT2D eigenvalue weighted by Crippen LogP contribution is -2.35. The van der Waals surface area contributed by atoms with E-state index in [0.29, 0.717) is 10.6 Å². The highest BCUT2D eigenvalue weighted by atomic mass is 35.5. The monoisotopic (exact) mass is 282 g/mol. The van der Waals surface area contributed by atoms with Gasteiger partial charge >= 0.3 is 12.1 Å². The van der Waals surface area contributed by atoms with Crippen LogP contribution in [-0.2, 0) is 4.79 Å². The van der Waals surface area contributed by atoms with Crippen molar-refractivity contribution in [1.82, 2.24) is 0 Å². The average Bonchev–Trinajstić information content (AvgIpc) is 2.18. The van der Waals surface area contributed by atoms with Gasteiger partial charge in [0.2, 0.25) is 0 Å². The van der Waals surface area contributed by atoms with Gasteiger partial charge in [0.15, 0.2) is 5.92 Å². The van der Waals surface area contributed by atoms with Crippen molar-refractivity contribution < 1.29 is 27.8 Å². The Bertz CT molecular complexity index is 446. The van der Waals surface area contributed by atoms with Gasteiger partial charge in [-0.2, -0.15) is 13.2 Å². The largest absolute Gasteiger partial charge is 0.492 e. The van der Waals surface area contributed by atoms with Crippen LogP contribution in [0.1, 0.15) is 5.56 Å². The molecule has 1 rings (SSSR count). The van der Waals surface area contributed by atoms with Gasteiger partial charge in [0.25, 0.3) is 0 Å². The van der Waals surface area contributed by atoms with Crippen molar-refractivity contribution in [2.45, 2.75) is 13.1 Å². The van der Waals surface area contributed by atoms with Crippen LogP contribution in [0.5, 0.6) is 5.75 Å². The molecular formula is C11H10ClF3O3. The van der Waals surface area contributed by atoms with E-state index in [1.165, 1.54) is 18.2 Å². The Hall–Kier alpha value is -1.43. The van der Waals surface area contributed by atoms with Gasteiger partial charge < -0.3 is 9.84 Å². The van der Waals surface area contributed by atoms with Crippen molar-refractivity contribution in [1.29, 1.82) is 0 Å². The standard InChI is InChI=1S/C11H10ClF3O3/c1-6-4-7(12)2-3-9(6)18-5-8(10(16)17)11(13,14)15/h2-4,8H,5H2,1H3,(H,16,17). The number of aryl methyl sites for hydroxylation is 1. The third-order valence-corrected chi connectivity index (χ3v) is 2.47. The molecule has 0 saturated heterocycles. The summed E-state index contributed by atoms with van der Waals surface area (Å²) in [5.41, 5.74) is 0.536. The molecule has 1 atom stereocenters. The lowest BCUT2D eigenvalue weighted by molar-refractivity contribution is -0.198. The van der Waals surface area contributed by atoms with Gasteiger partial charge in [-0.3, -0.25) is 4.79 Å². The average molecular weight is 283 g/mol. The second kappa shape index (κ2) is 5.48. The highest BCUT2D eigenvalue weighted by Crippen LogP contribution is 2.28. The summed E-state index contributed by atoms with van der Waals surface area (Å²) in [5.74, 6) is -4.34. The minimum Gasteiger partial charge on any atom is -0.492 e. The summed E-state index contributed by atoms with van der Waals surface area (Å²) in [6.45, 7) is 0.631. The van der Waals surface area contributed by atoms with E-state index in [1.54, 1.807) is 6.92 Å². The van der Waals surface area contributed by atoms with Crippen molar-refractivity contribution in [2.24, 2.45) is 5.92 Å². The maximum absolute atomic E-state index is 12.4. The van der Waals surface area contributed by atoms with Gasteiger partial charge in [-0.15, -0.1) is 0 Å². The number of carboxylic acids is 1. The Morgan fingerprint density at radius 1 is 1.50 bits per heavy atom. The van der Waals surface area contributed by atoms with Crippen LogP contribution in [0.2, 0.25) is 5.02 Å². The second-order valence-electron chi connectivity index (χ2n) is 3.65. The molecule has 3 nitrogen and oxygen atoms in total. The van der Waals surface area contributed by atoms with Crippen molar-refractivity contribution in [3.8, 4) is 5.75 Å². The van der Waals surface area contributed by atoms with Gasteiger partial charge in [0.05, 0.1) is 0 Å². The Kier molecular flexibility index (Phi) is 4.45. The van der Waals surface area contributed by atoms with Gasteiger partial charge in [0, 0.05) is 5.02 Å². The summed E-state index contributed by atoms with van der Waals surface area (Å²) >= 11 is 5.67. The molecule has 18 heavy (non-hydrogen) atoms. The fourth-order valence-electron chi connectivity index (χ4n) is 1.25. The molecule has 0 saturated carbocycles. The summed E-state index contributed by atoms with van der Waals surface area (Å²) in [4.78, 5) is 10.5. The molecule has 0 bridgehead atoms. The van der Waals surface area contributed by atoms with Crippen LogP contribution in [0.15, 0.2) is 18.2 Å². The molecule has 0 fully saturated rings. The zero-order valence-electron chi connectivity index (χ0n) is 9.29. The minimum absolute atomic E-state index is 0.176. The first kappa shape index (κ1) is 14.6. The molecule has 0 radical (unpaired) electrons. The van der Waals surface area contributed by atoms with E-state index in [4.69, 9.17) is 21.4 Å². The van der Waals surface area contributed by atoms with Gasteiger partial charge in [-0.1, -0.05) is 11.6 Å². The quantitative estimate of drug-likeness (QED) is 0.922. The van der Waals surface area contributed by atoms with Crippen LogP contribution in [0, 0.1) is 12.8 Å². The molecule has 1 unspecified atom stereocenters. The molecule has 0 aliphatic rings. The Morgan fingerprint density at radius 2 is 2.11 bits per heavy atom. The number of rotatable bonds is 4. The van der Waals surface area contributed by atoms with Crippen molar-refractivity contribution in [2.75, 3.05) is 6.61 Å². The zero-order chi connectivity index (χ0) is 13.9. The van der Waals surface area contributed by atoms with E-state index in [9.17, 15) is 18.0 Å². The number of hydrogen-bond donors (Lipinski definition) is 1. The Morgan fingerprint density at radius 3 is 2.56 bits per heavy atom. The third-order valence-electron chi connectivity index (χ3n) is 2.24. The van der Waals surface area contributed by atoms with Gasteiger partial charge in [-0.05, 0) is 30.7 Å². The maximum atomic E-state index is 12.4. The van der Waals surface area contributed by atoms with Crippen LogP contribution in [0.4, 0.5) is 13.2 Å². The molecule has 0 aromatic heterocycles. The van der Waals surface area contributed by atoms with Crippen LogP contribution in [-0.4, -0.2) is 23.9 Å². The zero-order valence-corrected chi connectivity index (χ0v) is 10.0. The predicted molar refractivity (Wildman–Crippen MR) is 58.9 cm³/mol. The van der Waals surface area contributed by atoms with Crippen molar-refractivity contribution in [3.63, 3.8) is 0 Å². The fraction of sp³-hybridized carbons (Fsp3) is 0.364. The molecule has 7 heteroatoms. The number of carboxylic acid groups (broad SMARTS) is 1. The number of benzene rings is 1. The first-order chi connectivity index (χ1) is 8.21. The summed E-state index contributed by atoms with van der Waals surface area (Å²) in [6, 6.07) is 4.36. The third kappa shape index (κ3) is 3.80. The number of hydrogen-bond acceptors (Lipinski definition) is 2. The van der Waals surface area contributed by atoms with E-state index < -0.39 is 24.7 Å². The maximum Gasteiger partial charge on any atom is 0.405 e. The summed E-state index contributed by atoms with van der Waals surface area (Å²) < 4.78 is 42.0. The van der Waals surface area contributed by atoms with Crippen LogP contribution in [0.3, 0.4) is 0 Å². The number of aliphatic carboxylic acids is 1. The lowest BCUT2D eigenvalue weighted by Gasteiger charge is -2.17. The predicted octanol–water partition coefficient (Wildman–Crippen LogP) is 3.29. The number of alkyl halides is 3. The summed E-state index contributed by atoms with van der Waals surface area (Å²) in [7, 11) is 0. The molecule has 1 aromatic rings.